The molecule has 0 aliphatic carbocycles. The zero-order valence-electron chi connectivity index (χ0n) is 18.8. The first-order valence-corrected chi connectivity index (χ1v) is 11.0. The summed E-state index contributed by atoms with van der Waals surface area (Å²) in [7, 11) is 0. The summed E-state index contributed by atoms with van der Waals surface area (Å²) in [6.07, 6.45) is -6.30. The number of halogens is 5. The third-order valence-corrected chi connectivity index (χ3v) is 5.92. The van der Waals surface area contributed by atoms with Gasteiger partial charge in [-0.3, -0.25) is 9.69 Å². The van der Waals surface area contributed by atoms with E-state index in [0.717, 1.165) is 12.1 Å². The standard InChI is InChI=1S/C24H24F5N3O3/c1-14(17-8-15(12-25)9-18(10-17)24(27,28)29)35-23-22(16-2-4-19(26)5-3-16)32(6-7-34-23)13-20-11-21(33)31-30-20/h2-5,8-10,14,22-23H,6-7,11-13H2,1H3,(H,31,33)/t14-,22+,23-/m1/s1. The number of benzene rings is 2. The van der Waals surface area contributed by atoms with Crippen LogP contribution in [0.4, 0.5) is 22.0 Å². The first-order chi connectivity index (χ1) is 16.6. The number of amides is 1. The third-order valence-electron chi connectivity index (χ3n) is 5.92. The summed E-state index contributed by atoms with van der Waals surface area (Å²) in [5, 5.41) is 4.03. The molecule has 1 N–H and O–H groups in total. The molecule has 188 valence electrons. The van der Waals surface area contributed by atoms with Gasteiger partial charge in [0.2, 0.25) is 5.91 Å². The van der Waals surface area contributed by atoms with E-state index >= 15 is 0 Å². The van der Waals surface area contributed by atoms with Gasteiger partial charge in [-0.2, -0.15) is 18.3 Å². The lowest BCUT2D eigenvalue weighted by atomic mass is 10.0. The lowest BCUT2D eigenvalue weighted by molar-refractivity contribution is -0.227. The predicted molar refractivity (Wildman–Crippen MR) is 116 cm³/mol. The van der Waals surface area contributed by atoms with Gasteiger partial charge in [-0.1, -0.05) is 18.2 Å². The molecule has 1 fully saturated rings. The minimum absolute atomic E-state index is 0.108. The molecule has 6 nitrogen and oxygen atoms in total. The van der Waals surface area contributed by atoms with Crippen LogP contribution in [0.5, 0.6) is 0 Å². The second kappa shape index (κ2) is 10.4. The van der Waals surface area contributed by atoms with Crippen molar-refractivity contribution in [2.45, 2.75) is 44.6 Å². The maximum atomic E-state index is 13.6. The Balaban J connectivity index is 1.61. The first kappa shape index (κ1) is 25.2. The molecule has 1 amide bonds. The highest BCUT2D eigenvalue weighted by Gasteiger charge is 2.37. The Bertz CT molecular complexity index is 1090. The topological polar surface area (TPSA) is 63.2 Å². The van der Waals surface area contributed by atoms with Gasteiger partial charge in [0, 0.05) is 13.1 Å². The summed E-state index contributed by atoms with van der Waals surface area (Å²) in [6, 6.07) is 8.22. The Morgan fingerprint density at radius 2 is 1.97 bits per heavy atom. The summed E-state index contributed by atoms with van der Waals surface area (Å²) < 4.78 is 78.8. The molecular weight excluding hydrogens is 473 g/mol. The average molecular weight is 497 g/mol. The van der Waals surface area contributed by atoms with Crippen molar-refractivity contribution in [3.8, 4) is 0 Å². The number of rotatable bonds is 7. The molecule has 0 saturated carbocycles. The predicted octanol–water partition coefficient (Wildman–Crippen LogP) is 4.67. The van der Waals surface area contributed by atoms with Gasteiger partial charge in [0.15, 0.2) is 6.29 Å². The first-order valence-electron chi connectivity index (χ1n) is 11.0. The molecule has 35 heavy (non-hydrogen) atoms. The number of morpholine rings is 1. The number of ether oxygens (including phenoxy) is 2. The van der Waals surface area contributed by atoms with Gasteiger partial charge in [-0.25, -0.2) is 14.2 Å². The molecule has 2 heterocycles. The van der Waals surface area contributed by atoms with Gasteiger partial charge < -0.3 is 9.47 Å². The monoisotopic (exact) mass is 497 g/mol. The molecule has 2 aromatic carbocycles. The molecule has 3 atom stereocenters. The minimum atomic E-state index is -4.64. The number of nitrogens with one attached hydrogen (secondary N) is 1. The van der Waals surface area contributed by atoms with E-state index in [1.54, 1.807) is 19.1 Å². The van der Waals surface area contributed by atoms with Crippen molar-refractivity contribution in [1.82, 2.24) is 10.3 Å². The van der Waals surface area contributed by atoms with Crippen molar-refractivity contribution in [2.75, 3.05) is 19.7 Å². The van der Waals surface area contributed by atoms with Crippen LogP contribution in [0, 0.1) is 5.82 Å². The smallest absolute Gasteiger partial charge is 0.349 e. The van der Waals surface area contributed by atoms with Crippen LogP contribution in [0.25, 0.3) is 0 Å². The zero-order valence-corrected chi connectivity index (χ0v) is 18.8. The van der Waals surface area contributed by atoms with Gasteiger partial charge in [0.05, 0.1) is 36.4 Å². The van der Waals surface area contributed by atoms with Crippen molar-refractivity contribution in [3.05, 3.63) is 70.5 Å². The average Bonchev–Trinajstić information content (AvgIpc) is 3.23. The van der Waals surface area contributed by atoms with E-state index in [4.69, 9.17) is 9.47 Å². The summed E-state index contributed by atoms with van der Waals surface area (Å²) in [5.74, 6) is -0.651. The van der Waals surface area contributed by atoms with Crippen molar-refractivity contribution in [2.24, 2.45) is 5.10 Å². The molecule has 0 radical (unpaired) electrons. The Labute approximate surface area is 198 Å². The van der Waals surface area contributed by atoms with Crippen LogP contribution in [-0.4, -0.2) is 42.5 Å². The normalized spacial score (nSPS) is 22.1. The molecule has 2 aliphatic rings. The highest BCUT2D eigenvalue weighted by molar-refractivity contribution is 6.05. The fourth-order valence-electron chi connectivity index (χ4n) is 4.21. The summed E-state index contributed by atoms with van der Waals surface area (Å²) in [4.78, 5) is 13.5. The SMILES string of the molecule is C[C@@H](O[C@H]1OCCN(CC2=NNC(=O)C2)[C@H]1c1ccc(F)cc1)c1cc(CF)cc(C(F)(F)F)c1. The van der Waals surface area contributed by atoms with Gasteiger partial charge in [0.25, 0.3) is 0 Å². The lowest BCUT2D eigenvalue weighted by Gasteiger charge is -2.42. The molecular formula is C24H24F5N3O3. The highest BCUT2D eigenvalue weighted by atomic mass is 19.4. The number of hydrogen-bond acceptors (Lipinski definition) is 5. The molecule has 2 aliphatic heterocycles. The lowest BCUT2D eigenvalue weighted by Crippen LogP contribution is -2.48. The molecule has 4 rings (SSSR count). The van der Waals surface area contributed by atoms with E-state index in [2.05, 4.69) is 10.5 Å². The Morgan fingerprint density at radius 3 is 2.60 bits per heavy atom. The van der Waals surface area contributed by atoms with Gasteiger partial charge in [-0.05, 0) is 47.9 Å². The maximum Gasteiger partial charge on any atom is 0.416 e. The third kappa shape index (κ3) is 6.03. The fourth-order valence-corrected chi connectivity index (χ4v) is 4.21. The van der Waals surface area contributed by atoms with Gasteiger partial charge >= 0.3 is 6.18 Å². The van der Waals surface area contributed by atoms with Crippen molar-refractivity contribution in [3.63, 3.8) is 0 Å². The van der Waals surface area contributed by atoms with E-state index < -0.39 is 42.7 Å². The second-order valence-electron chi connectivity index (χ2n) is 8.47. The van der Waals surface area contributed by atoms with Crippen LogP contribution in [0.3, 0.4) is 0 Å². The van der Waals surface area contributed by atoms with Gasteiger partial charge in [0.1, 0.15) is 12.5 Å². The van der Waals surface area contributed by atoms with E-state index in [0.29, 0.717) is 24.4 Å². The number of hydrazone groups is 1. The van der Waals surface area contributed by atoms with Gasteiger partial charge in [-0.15, -0.1) is 0 Å². The molecule has 0 spiro atoms. The van der Waals surface area contributed by atoms with Crippen molar-refractivity contribution >= 4 is 11.6 Å². The zero-order chi connectivity index (χ0) is 25.2. The number of carbonyl (C=O) groups excluding carboxylic acids is 1. The van der Waals surface area contributed by atoms with Crippen LogP contribution in [0.15, 0.2) is 47.6 Å². The summed E-state index contributed by atoms with van der Waals surface area (Å²) in [6.45, 7) is 1.53. The van der Waals surface area contributed by atoms with E-state index in [1.165, 1.54) is 18.2 Å². The fraction of sp³-hybridized carbons (Fsp3) is 0.417. The molecule has 2 aromatic rings. The highest BCUT2D eigenvalue weighted by Crippen LogP contribution is 2.36. The van der Waals surface area contributed by atoms with Crippen LogP contribution in [0.2, 0.25) is 0 Å². The quantitative estimate of drug-likeness (QED) is 0.565. The number of alkyl halides is 4. The number of hydrogen-bond donors (Lipinski definition) is 1. The molecule has 0 unspecified atom stereocenters. The second-order valence-corrected chi connectivity index (χ2v) is 8.47. The number of carbonyl (C=O) groups is 1. The molecule has 11 heteroatoms. The van der Waals surface area contributed by atoms with E-state index in [-0.39, 0.29) is 30.1 Å². The van der Waals surface area contributed by atoms with Crippen molar-refractivity contribution < 1.29 is 36.2 Å². The molecule has 1 saturated heterocycles. The Hall–Kier alpha value is -2.89. The van der Waals surface area contributed by atoms with Crippen LogP contribution in [-0.2, 0) is 27.1 Å². The van der Waals surface area contributed by atoms with Crippen LogP contribution in [0.1, 0.15) is 47.7 Å². The van der Waals surface area contributed by atoms with Crippen molar-refractivity contribution in [1.29, 1.82) is 0 Å². The largest absolute Gasteiger partial charge is 0.416 e. The summed E-state index contributed by atoms with van der Waals surface area (Å²) in [5.41, 5.74) is 2.76. The number of nitrogens with zero attached hydrogens (tertiary/aromatic N) is 2. The Kier molecular flexibility index (Phi) is 7.48. The summed E-state index contributed by atoms with van der Waals surface area (Å²) >= 11 is 0. The van der Waals surface area contributed by atoms with Crippen LogP contribution < -0.4 is 5.43 Å². The Morgan fingerprint density at radius 1 is 1.23 bits per heavy atom. The molecule has 0 bridgehead atoms. The van der Waals surface area contributed by atoms with E-state index in [1.807, 2.05) is 4.90 Å². The maximum absolute atomic E-state index is 13.6. The molecule has 0 aromatic heterocycles. The minimum Gasteiger partial charge on any atom is -0.349 e. The van der Waals surface area contributed by atoms with E-state index in [9.17, 15) is 26.7 Å². The van der Waals surface area contributed by atoms with Crippen LogP contribution >= 0.6 is 0 Å².